The lowest BCUT2D eigenvalue weighted by atomic mass is 10.1. The van der Waals surface area contributed by atoms with Crippen molar-refractivity contribution in [2.24, 2.45) is 0 Å². The van der Waals surface area contributed by atoms with Crippen molar-refractivity contribution in [1.82, 2.24) is 10.6 Å². The Kier molecular flexibility index (Phi) is 5.22. The van der Waals surface area contributed by atoms with Crippen LogP contribution in [0, 0.1) is 0 Å². The molecule has 19 heavy (non-hydrogen) atoms. The molecule has 0 spiro atoms. The van der Waals surface area contributed by atoms with E-state index in [-0.39, 0.29) is 12.0 Å². The monoisotopic (exact) mass is 326 g/mol. The molecule has 1 aliphatic rings. The van der Waals surface area contributed by atoms with Crippen molar-refractivity contribution in [3.05, 3.63) is 28.2 Å². The summed E-state index contributed by atoms with van der Waals surface area (Å²) in [5.74, 6) is 1.06. The number of benzene rings is 1. The fourth-order valence-electron chi connectivity index (χ4n) is 2.15. The van der Waals surface area contributed by atoms with Gasteiger partial charge >= 0.3 is 0 Å². The predicted octanol–water partition coefficient (Wildman–Crippen LogP) is 1.87. The quantitative estimate of drug-likeness (QED) is 0.785. The molecular weight excluding hydrogens is 308 g/mol. The Morgan fingerprint density at radius 1 is 1.53 bits per heavy atom. The van der Waals surface area contributed by atoms with Crippen molar-refractivity contribution >= 4 is 21.8 Å². The third kappa shape index (κ3) is 4.21. The zero-order valence-electron chi connectivity index (χ0n) is 11.0. The Balaban J connectivity index is 1.68. The molecule has 0 aliphatic carbocycles. The molecule has 0 saturated heterocycles. The van der Waals surface area contributed by atoms with Gasteiger partial charge in [0.25, 0.3) is 0 Å². The fourth-order valence-corrected chi connectivity index (χ4v) is 2.56. The van der Waals surface area contributed by atoms with E-state index >= 15 is 0 Å². The number of nitrogens with one attached hydrogen (secondary N) is 2. The zero-order valence-corrected chi connectivity index (χ0v) is 12.6. The van der Waals surface area contributed by atoms with E-state index in [1.807, 2.05) is 19.1 Å². The van der Waals surface area contributed by atoms with Crippen LogP contribution in [0.5, 0.6) is 5.75 Å². The molecule has 4 nitrogen and oxygen atoms in total. The molecule has 2 N–H and O–H groups in total. The number of carbonyl (C=O) groups excluding carboxylic acids is 1. The summed E-state index contributed by atoms with van der Waals surface area (Å²) in [7, 11) is 0. The van der Waals surface area contributed by atoms with E-state index in [1.54, 1.807) is 0 Å². The van der Waals surface area contributed by atoms with Crippen LogP contribution < -0.4 is 15.4 Å². The predicted molar refractivity (Wildman–Crippen MR) is 78.4 cm³/mol. The number of ether oxygens (including phenoxy) is 1. The average molecular weight is 327 g/mol. The van der Waals surface area contributed by atoms with Crippen molar-refractivity contribution in [2.75, 3.05) is 19.6 Å². The van der Waals surface area contributed by atoms with Crippen molar-refractivity contribution in [2.45, 2.75) is 25.9 Å². The maximum atomic E-state index is 11.3. The normalized spacial score (nSPS) is 16.8. The van der Waals surface area contributed by atoms with Gasteiger partial charge in [0.1, 0.15) is 11.9 Å². The first-order chi connectivity index (χ1) is 9.19. The maximum Gasteiger partial charge on any atom is 0.221 e. The number of hydrogen-bond acceptors (Lipinski definition) is 3. The highest BCUT2D eigenvalue weighted by Crippen LogP contribution is 2.30. The van der Waals surface area contributed by atoms with Crippen LogP contribution >= 0.6 is 15.9 Å². The highest BCUT2D eigenvalue weighted by Gasteiger charge is 2.22. The van der Waals surface area contributed by atoms with Crippen LogP contribution in [0.15, 0.2) is 22.7 Å². The minimum absolute atomic E-state index is 0.0922. The molecule has 0 bridgehead atoms. The van der Waals surface area contributed by atoms with Gasteiger partial charge in [-0.15, -0.1) is 0 Å². The molecule has 1 atom stereocenters. The van der Waals surface area contributed by atoms with Gasteiger partial charge in [0.15, 0.2) is 0 Å². The van der Waals surface area contributed by atoms with Crippen molar-refractivity contribution in [3.8, 4) is 5.75 Å². The molecule has 1 aromatic carbocycles. The lowest BCUT2D eigenvalue weighted by molar-refractivity contribution is -0.120. The third-order valence-corrected chi connectivity index (χ3v) is 3.53. The molecule has 1 aliphatic heterocycles. The van der Waals surface area contributed by atoms with Gasteiger partial charge in [-0.3, -0.25) is 4.79 Å². The molecular formula is C14H19BrN2O2. The number of hydrogen-bond donors (Lipinski definition) is 2. The van der Waals surface area contributed by atoms with Crippen molar-refractivity contribution in [1.29, 1.82) is 0 Å². The summed E-state index contributed by atoms with van der Waals surface area (Å²) in [5, 5.41) is 6.05. The third-order valence-electron chi connectivity index (χ3n) is 3.04. The standard InChI is InChI=1S/C14H19BrN2O2/c1-2-17-14(18)5-6-16-9-12-8-10-7-11(15)3-4-13(10)19-12/h3-4,7,12,16H,2,5-6,8-9H2,1H3,(H,17,18). The van der Waals surface area contributed by atoms with Gasteiger partial charge in [0.2, 0.25) is 5.91 Å². The Labute approximate surface area is 122 Å². The summed E-state index contributed by atoms with van der Waals surface area (Å²) >= 11 is 3.46. The van der Waals surface area contributed by atoms with Crippen LogP contribution in [0.1, 0.15) is 18.9 Å². The second-order valence-electron chi connectivity index (χ2n) is 4.60. The summed E-state index contributed by atoms with van der Waals surface area (Å²) in [6.07, 6.45) is 1.60. The first-order valence-electron chi connectivity index (χ1n) is 6.61. The topological polar surface area (TPSA) is 50.4 Å². The second-order valence-corrected chi connectivity index (χ2v) is 5.52. The minimum atomic E-state index is 0.0922. The molecule has 2 rings (SSSR count). The van der Waals surface area contributed by atoms with Crippen molar-refractivity contribution in [3.63, 3.8) is 0 Å². The van der Waals surface area contributed by atoms with Crippen LogP contribution in [0.3, 0.4) is 0 Å². The van der Waals surface area contributed by atoms with E-state index < -0.39 is 0 Å². The molecule has 1 unspecified atom stereocenters. The lowest BCUT2D eigenvalue weighted by Gasteiger charge is -2.11. The molecule has 5 heteroatoms. The molecule has 1 amide bonds. The Hall–Kier alpha value is -1.07. The van der Waals surface area contributed by atoms with Gasteiger partial charge in [-0.1, -0.05) is 15.9 Å². The largest absolute Gasteiger partial charge is 0.488 e. The van der Waals surface area contributed by atoms with E-state index in [1.165, 1.54) is 5.56 Å². The Morgan fingerprint density at radius 3 is 3.16 bits per heavy atom. The van der Waals surface area contributed by atoms with Gasteiger partial charge in [-0.05, 0) is 30.7 Å². The molecule has 0 aromatic heterocycles. The number of amides is 1. The Bertz CT molecular complexity index is 451. The van der Waals surface area contributed by atoms with E-state index in [4.69, 9.17) is 4.74 Å². The van der Waals surface area contributed by atoms with Crippen molar-refractivity contribution < 1.29 is 9.53 Å². The van der Waals surface area contributed by atoms with E-state index in [0.717, 1.165) is 23.2 Å². The summed E-state index contributed by atoms with van der Waals surface area (Å²) in [6, 6.07) is 6.09. The molecule has 104 valence electrons. The average Bonchev–Trinajstić information content (AvgIpc) is 2.77. The first-order valence-corrected chi connectivity index (χ1v) is 7.41. The number of rotatable bonds is 6. The van der Waals surface area contributed by atoms with E-state index in [0.29, 0.717) is 19.5 Å². The summed E-state index contributed by atoms with van der Waals surface area (Å²) in [5.41, 5.74) is 1.24. The number of halogens is 1. The van der Waals surface area contributed by atoms with Crippen LogP contribution in [-0.2, 0) is 11.2 Å². The molecule has 0 radical (unpaired) electrons. The highest BCUT2D eigenvalue weighted by molar-refractivity contribution is 9.10. The van der Waals surface area contributed by atoms with Crippen LogP contribution in [0.2, 0.25) is 0 Å². The van der Waals surface area contributed by atoms with Gasteiger partial charge in [-0.2, -0.15) is 0 Å². The van der Waals surface area contributed by atoms with Crippen LogP contribution in [0.4, 0.5) is 0 Å². The molecule has 1 aromatic rings. The van der Waals surface area contributed by atoms with Gasteiger partial charge in [-0.25, -0.2) is 0 Å². The minimum Gasteiger partial charge on any atom is -0.488 e. The molecule has 1 heterocycles. The smallest absolute Gasteiger partial charge is 0.221 e. The summed E-state index contributed by atoms with van der Waals surface area (Å²) in [4.78, 5) is 11.3. The maximum absolute atomic E-state index is 11.3. The second kappa shape index (κ2) is 6.91. The molecule has 0 saturated carbocycles. The first kappa shape index (κ1) is 14.3. The Morgan fingerprint density at radius 2 is 2.37 bits per heavy atom. The SMILES string of the molecule is CCNC(=O)CCNCC1Cc2cc(Br)ccc2O1. The van der Waals surface area contributed by atoms with Crippen LogP contribution in [-0.4, -0.2) is 31.6 Å². The van der Waals surface area contributed by atoms with Gasteiger partial charge in [0, 0.05) is 36.9 Å². The number of fused-ring (bicyclic) bond motifs is 1. The number of carbonyl (C=O) groups is 1. The lowest BCUT2D eigenvalue weighted by Crippen LogP contribution is -2.33. The van der Waals surface area contributed by atoms with E-state index in [2.05, 4.69) is 32.6 Å². The zero-order chi connectivity index (χ0) is 13.7. The molecule has 0 fully saturated rings. The van der Waals surface area contributed by atoms with Crippen LogP contribution in [0.25, 0.3) is 0 Å². The van der Waals surface area contributed by atoms with E-state index in [9.17, 15) is 4.79 Å². The van der Waals surface area contributed by atoms with Gasteiger partial charge in [0.05, 0.1) is 0 Å². The highest BCUT2D eigenvalue weighted by atomic mass is 79.9. The summed E-state index contributed by atoms with van der Waals surface area (Å²) in [6.45, 7) is 4.07. The fraction of sp³-hybridized carbons (Fsp3) is 0.500. The summed E-state index contributed by atoms with van der Waals surface area (Å²) < 4.78 is 6.92. The van der Waals surface area contributed by atoms with Gasteiger partial charge < -0.3 is 15.4 Å².